The fraction of sp³-hybridized carbons (Fsp3) is 0.524. The Bertz CT molecular complexity index is 884. The van der Waals surface area contributed by atoms with Crippen molar-refractivity contribution in [3.63, 3.8) is 0 Å². The molecule has 0 atom stereocenters. The van der Waals surface area contributed by atoms with Crippen molar-refractivity contribution >= 4 is 23.9 Å². The van der Waals surface area contributed by atoms with E-state index in [1.807, 2.05) is 4.57 Å². The lowest BCUT2D eigenvalue weighted by atomic mass is 10.1. The van der Waals surface area contributed by atoms with E-state index in [1.54, 1.807) is 24.3 Å². The van der Waals surface area contributed by atoms with Gasteiger partial charge in [0.25, 0.3) is 0 Å². The monoisotopic (exact) mass is 416 g/mol. The van der Waals surface area contributed by atoms with Gasteiger partial charge in [0.2, 0.25) is 5.91 Å². The number of amides is 1. The molecule has 0 radical (unpaired) electrons. The van der Waals surface area contributed by atoms with E-state index in [4.69, 9.17) is 17.0 Å². The van der Waals surface area contributed by atoms with Crippen LogP contribution >= 0.6 is 12.2 Å². The Labute approximate surface area is 175 Å². The largest absolute Gasteiger partial charge is 0.494 e. The summed E-state index contributed by atoms with van der Waals surface area (Å²) in [5, 5.41) is 9.79. The van der Waals surface area contributed by atoms with Gasteiger partial charge in [0.1, 0.15) is 5.75 Å². The van der Waals surface area contributed by atoms with E-state index < -0.39 is 0 Å². The third-order valence-electron chi connectivity index (χ3n) is 4.91. The molecule has 8 heteroatoms. The first kappa shape index (κ1) is 21.2. The van der Waals surface area contributed by atoms with E-state index in [0.717, 1.165) is 43.7 Å². The first-order chi connectivity index (χ1) is 14.1. The van der Waals surface area contributed by atoms with Gasteiger partial charge >= 0.3 is 0 Å². The number of hydrogen-bond acceptors (Lipinski definition) is 5. The Morgan fingerprint density at radius 3 is 2.69 bits per heavy atom. The molecule has 1 aliphatic carbocycles. The molecule has 7 nitrogen and oxygen atoms in total. The molecule has 0 aliphatic heterocycles. The normalized spacial score (nSPS) is 13.3. The number of hydrogen-bond donors (Lipinski definition) is 2. The summed E-state index contributed by atoms with van der Waals surface area (Å²) in [6.07, 6.45) is 5.81. The molecule has 156 valence electrons. The average molecular weight is 417 g/mol. The third kappa shape index (κ3) is 6.25. The van der Waals surface area contributed by atoms with Gasteiger partial charge in [-0.25, -0.2) is 0 Å². The molecule has 2 aromatic rings. The van der Waals surface area contributed by atoms with Crippen molar-refractivity contribution in [3.05, 3.63) is 40.4 Å². The van der Waals surface area contributed by atoms with Crippen molar-refractivity contribution in [3.8, 4) is 5.75 Å². The molecule has 1 amide bonds. The highest BCUT2D eigenvalue weighted by molar-refractivity contribution is 7.71. The van der Waals surface area contributed by atoms with E-state index in [-0.39, 0.29) is 24.5 Å². The van der Waals surface area contributed by atoms with Crippen LogP contribution in [0, 0.1) is 4.77 Å². The summed E-state index contributed by atoms with van der Waals surface area (Å²) in [6.45, 7) is 3.14. The van der Waals surface area contributed by atoms with Crippen molar-refractivity contribution in [1.29, 1.82) is 0 Å². The molecule has 1 aromatic carbocycles. The maximum Gasteiger partial charge on any atom is 0.220 e. The number of nitrogens with one attached hydrogen (secondary N) is 2. The molecule has 0 spiro atoms. The van der Waals surface area contributed by atoms with Gasteiger partial charge in [-0.05, 0) is 55.7 Å². The van der Waals surface area contributed by atoms with Gasteiger partial charge in [-0.1, -0.05) is 19.8 Å². The summed E-state index contributed by atoms with van der Waals surface area (Å²) in [5.74, 6) is 1.26. The topological polar surface area (TPSA) is 89.0 Å². The maximum absolute atomic E-state index is 12.3. The number of unbranched alkanes of at least 4 members (excludes halogenated alkanes) is 2. The molecule has 2 N–H and O–H groups in total. The molecule has 0 unspecified atom stereocenters. The van der Waals surface area contributed by atoms with Crippen molar-refractivity contribution < 1.29 is 14.3 Å². The van der Waals surface area contributed by atoms with Gasteiger partial charge in [0, 0.05) is 24.4 Å². The second kappa shape index (κ2) is 10.3. The highest BCUT2D eigenvalue weighted by Gasteiger charge is 2.27. The van der Waals surface area contributed by atoms with Crippen LogP contribution in [0.3, 0.4) is 0 Å². The number of Topliss-reactive ketones (excluding diaryl/α,β-unsaturated/α-hetero) is 1. The van der Waals surface area contributed by atoms with Crippen LogP contribution in [0.5, 0.6) is 5.75 Å². The Hall–Kier alpha value is -2.48. The lowest BCUT2D eigenvalue weighted by Gasteiger charge is -2.08. The highest BCUT2D eigenvalue weighted by Crippen LogP contribution is 2.35. The quantitative estimate of drug-likeness (QED) is 0.309. The molecule has 0 saturated heterocycles. The predicted molar refractivity (Wildman–Crippen MR) is 113 cm³/mol. The molecule has 1 aliphatic rings. The number of nitrogens with zero attached hydrogens (tertiary/aromatic N) is 2. The zero-order valence-corrected chi connectivity index (χ0v) is 17.6. The average Bonchev–Trinajstić information content (AvgIpc) is 3.50. The lowest BCUT2D eigenvalue weighted by Crippen LogP contribution is -2.25. The number of aromatic nitrogens is 3. The lowest BCUT2D eigenvalue weighted by molar-refractivity contribution is -0.121. The van der Waals surface area contributed by atoms with Crippen molar-refractivity contribution in [2.24, 2.45) is 0 Å². The van der Waals surface area contributed by atoms with E-state index in [9.17, 15) is 9.59 Å². The number of aromatic amines is 1. The van der Waals surface area contributed by atoms with E-state index >= 15 is 0 Å². The van der Waals surface area contributed by atoms with Gasteiger partial charge in [0.15, 0.2) is 16.4 Å². The second-order valence-corrected chi connectivity index (χ2v) is 7.71. The maximum atomic E-state index is 12.3. The smallest absolute Gasteiger partial charge is 0.220 e. The standard InChI is InChI=1S/C21H28N4O3S/c1-2-3-4-13-28-17-9-5-15(6-10-17)18(26)11-12-20(27)22-14-19-23-24-21(29)25(19)16-7-8-16/h5-6,9-10,16H,2-4,7-8,11-14H2,1H3,(H,22,27)(H,24,29). The van der Waals surface area contributed by atoms with Crippen LogP contribution in [0.15, 0.2) is 24.3 Å². The number of rotatable bonds is 12. The summed E-state index contributed by atoms with van der Waals surface area (Å²) in [4.78, 5) is 24.5. The number of H-pyrrole nitrogens is 1. The fourth-order valence-corrected chi connectivity index (χ4v) is 3.39. The molecule has 1 aromatic heterocycles. The first-order valence-corrected chi connectivity index (χ1v) is 10.7. The molecule has 29 heavy (non-hydrogen) atoms. The van der Waals surface area contributed by atoms with Gasteiger partial charge in [-0.15, -0.1) is 0 Å². The van der Waals surface area contributed by atoms with E-state index in [2.05, 4.69) is 22.4 Å². The zero-order chi connectivity index (χ0) is 20.6. The van der Waals surface area contributed by atoms with Crippen LogP contribution in [0.25, 0.3) is 0 Å². The van der Waals surface area contributed by atoms with Gasteiger partial charge in [0.05, 0.1) is 13.2 Å². The molecule has 3 rings (SSSR count). The van der Waals surface area contributed by atoms with Crippen molar-refractivity contribution in [2.45, 2.75) is 64.5 Å². The minimum Gasteiger partial charge on any atom is -0.494 e. The van der Waals surface area contributed by atoms with Crippen LogP contribution in [-0.2, 0) is 11.3 Å². The third-order valence-corrected chi connectivity index (χ3v) is 5.19. The van der Waals surface area contributed by atoms with Crippen LogP contribution in [0.1, 0.15) is 74.1 Å². The van der Waals surface area contributed by atoms with Gasteiger partial charge in [-0.2, -0.15) is 5.10 Å². The summed E-state index contributed by atoms with van der Waals surface area (Å²) >= 11 is 5.23. The second-order valence-electron chi connectivity index (χ2n) is 7.33. The summed E-state index contributed by atoms with van der Waals surface area (Å²) < 4.78 is 8.21. The number of ketones is 1. The number of ether oxygens (including phenoxy) is 1. The number of carbonyl (C=O) groups excluding carboxylic acids is 2. The van der Waals surface area contributed by atoms with Gasteiger partial charge < -0.3 is 10.1 Å². The molecular weight excluding hydrogens is 388 g/mol. The Morgan fingerprint density at radius 2 is 2.00 bits per heavy atom. The molecule has 0 bridgehead atoms. The summed E-state index contributed by atoms with van der Waals surface area (Å²) in [6, 6.07) is 7.51. The van der Waals surface area contributed by atoms with Crippen LogP contribution < -0.4 is 10.1 Å². The fourth-order valence-electron chi connectivity index (χ4n) is 3.09. The summed E-state index contributed by atoms with van der Waals surface area (Å²) in [5.41, 5.74) is 0.591. The first-order valence-electron chi connectivity index (χ1n) is 10.3. The predicted octanol–water partition coefficient (Wildman–Crippen LogP) is 4.12. The Morgan fingerprint density at radius 1 is 1.24 bits per heavy atom. The number of benzene rings is 1. The minimum atomic E-state index is -0.175. The van der Waals surface area contributed by atoms with E-state index in [0.29, 0.717) is 29.5 Å². The number of carbonyl (C=O) groups is 2. The Kier molecular flexibility index (Phi) is 7.57. The molecule has 1 fully saturated rings. The molecular formula is C21H28N4O3S. The minimum absolute atomic E-state index is 0.0571. The van der Waals surface area contributed by atoms with Crippen molar-refractivity contribution in [2.75, 3.05) is 6.61 Å². The van der Waals surface area contributed by atoms with Gasteiger partial charge in [-0.3, -0.25) is 19.3 Å². The molecule has 1 saturated carbocycles. The van der Waals surface area contributed by atoms with Crippen molar-refractivity contribution in [1.82, 2.24) is 20.1 Å². The van der Waals surface area contributed by atoms with E-state index in [1.165, 1.54) is 0 Å². The highest BCUT2D eigenvalue weighted by atomic mass is 32.1. The SMILES string of the molecule is CCCCCOc1ccc(C(=O)CCC(=O)NCc2n[nH]c(=S)n2C2CC2)cc1. The van der Waals surface area contributed by atoms with Crippen LogP contribution in [0.2, 0.25) is 0 Å². The Balaban J connectivity index is 1.40. The van der Waals surface area contributed by atoms with Crippen LogP contribution in [0.4, 0.5) is 0 Å². The van der Waals surface area contributed by atoms with Crippen LogP contribution in [-0.4, -0.2) is 33.1 Å². The zero-order valence-electron chi connectivity index (χ0n) is 16.8. The summed E-state index contributed by atoms with van der Waals surface area (Å²) in [7, 11) is 0. The molecule has 1 heterocycles.